The van der Waals surface area contributed by atoms with Gasteiger partial charge in [-0.3, -0.25) is 9.59 Å². The van der Waals surface area contributed by atoms with Crippen molar-refractivity contribution in [2.24, 2.45) is 5.73 Å². The van der Waals surface area contributed by atoms with Crippen LogP contribution in [0.5, 0.6) is 5.75 Å². The lowest BCUT2D eigenvalue weighted by atomic mass is 10.2. The molecule has 2 N–H and O–H groups in total. The van der Waals surface area contributed by atoms with E-state index in [1.165, 1.54) is 21.8 Å². The average Bonchev–Trinajstić information content (AvgIpc) is 2.93. The number of carbonyl (C=O) groups excluding carboxylic acids is 2. The molecule has 1 heterocycles. The van der Waals surface area contributed by atoms with Gasteiger partial charge in [-0.05, 0) is 19.1 Å². The number of hydrogen-bond donors (Lipinski definition) is 1. The van der Waals surface area contributed by atoms with Crippen LogP contribution in [-0.4, -0.2) is 35.3 Å². The van der Waals surface area contributed by atoms with Crippen molar-refractivity contribution in [2.75, 3.05) is 13.6 Å². The highest BCUT2D eigenvalue weighted by Crippen LogP contribution is 2.16. The van der Waals surface area contributed by atoms with Crippen molar-refractivity contribution < 1.29 is 14.3 Å². The average molecular weight is 333 g/mol. The van der Waals surface area contributed by atoms with Crippen LogP contribution >= 0.6 is 11.3 Å². The van der Waals surface area contributed by atoms with Crippen LogP contribution in [0, 0.1) is 6.92 Å². The maximum absolute atomic E-state index is 11.9. The quantitative estimate of drug-likeness (QED) is 0.832. The Labute approximate surface area is 138 Å². The molecule has 122 valence electrons. The maximum Gasteiger partial charge on any atom is 0.237 e. The molecule has 0 spiro atoms. The summed E-state index contributed by atoms with van der Waals surface area (Å²) in [5, 5.41) is 2.62. The number of primary amides is 1. The number of thiazole rings is 1. The van der Waals surface area contributed by atoms with Crippen LogP contribution in [-0.2, 0) is 22.6 Å². The SMILES string of the molecule is Cc1ccc(OCc2nc(CC(=O)N(C)CC(N)=O)cs2)cc1. The lowest BCUT2D eigenvalue weighted by molar-refractivity contribution is -0.133. The Morgan fingerprint density at radius 3 is 2.65 bits per heavy atom. The molecule has 0 fully saturated rings. The van der Waals surface area contributed by atoms with Gasteiger partial charge in [0.05, 0.1) is 18.7 Å². The number of amides is 2. The minimum atomic E-state index is -0.536. The molecule has 0 bridgehead atoms. The lowest BCUT2D eigenvalue weighted by Gasteiger charge is -2.13. The number of likely N-dealkylation sites (N-methyl/N-ethyl adjacent to an activating group) is 1. The third-order valence-electron chi connectivity index (χ3n) is 3.13. The number of ether oxygens (including phenoxy) is 1. The summed E-state index contributed by atoms with van der Waals surface area (Å²) < 4.78 is 5.66. The molecule has 0 saturated carbocycles. The van der Waals surface area contributed by atoms with Crippen molar-refractivity contribution in [1.29, 1.82) is 0 Å². The largest absolute Gasteiger partial charge is 0.486 e. The van der Waals surface area contributed by atoms with E-state index in [0.29, 0.717) is 12.3 Å². The number of aromatic nitrogens is 1. The van der Waals surface area contributed by atoms with E-state index in [1.54, 1.807) is 7.05 Å². The number of hydrogen-bond acceptors (Lipinski definition) is 5. The lowest BCUT2D eigenvalue weighted by Crippen LogP contribution is -2.36. The number of aryl methyl sites for hydroxylation is 1. The zero-order valence-corrected chi connectivity index (χ0v) is 13.9. The summed E-state index contributed by atoms with van der Waals surface area (Å²) in [6.45, 7) is 2.29. The second-order valence-corrected chi connectivity index (χ2v) is 6.17. The molecule has 2 aromatic rings. The first kappa shape index (κ1) is 17.0. The predicted molar refractivity (Wildman–Crippen MR) is 88.2 cm³/mol. The molecule has 0 radical (unpaired) electrons. The highest BCUT2D eigenvalue weighted by molar-refractivity contribution is 7.09. The van der Waals surface area contributed by atoms with E-state index in [2.05, 4.69) is 4.98 Å². The summed E-state index contributed by atoms with van der Waals surface area (Å²) in [7, 11) is 1.54. The summed E-state index contributed by atoms with van der Waals surface area (Å²) in [6, 6.07) is 7.78. The van der Waals surface area contributed by atoms with E-state index < -0.39 is 5.91 Å². The molecule has 7 heteroatoms. The topological polar surface area (TPSA) is 85.5 Å². The molecule has 1 aromatic carbocycles. The zero-order valence-electron chi connectivity index (χ0n) is 13.1. The van der Waals surface area contributed by atoms with Gasteiger partial charge in [-0.25, -0.2) is 4.98 Å². The third kappa shape index (κ3) is 5.37. The van der Waals surface area contributed by atoms with E-state index in [-0.39, 0.29) is 18.9 Å². The van der Waals surface area contributed by atoms with Crippen molar-refractivity contribution in [1.82, 2.24) is 9.88 Å². The Morgan fingerprint density at radius 1 is 1.30 bits per heavy atom. The van der Waals surface area contributed by atoms with Crippen LogP contribution in [0.4, 0.5) is 0 Å². The molecular weight excluding hydrogens is 314 g/mol. The second-order valence-electron chi connectivity index (χ2n) is 5.23. The fourth-order valence-corrected chi connectivity index (χ4v) is 2.59. The Hall–Kier alpha value is -2.41. The Morgan fingerprint density at radius 2 is 2.00 bits per heavy atom. The molecule has 0 unspecified atom stereocenters. The smallest absolute Gasteiger partial charge is 0.237 e. The number of carbonyl (C=O) groups is 2. The van der Waals surface area contributed by atoms with E-state index in [0.717, 1.165) is 10.8 Å². The van der Waals surface area contributed by atoms with Gasteiger partial charge < -0.3 is 15.4 Å². The summed E-state index contributed by atoms with van der Waals surface area (Å²) in [5.74, 6) is 0.0519. The molecule has 0 aliphatic carbocycles. The first-order chi connectivity index (χ1) is 10.9. The highest BCUT2D eigenvalue weighted by Gasteiger charge is 2.14. The van der Waals surface area contributed by atoms with Gasteiger partial charge in [-0.2, -0.15) is 0 Å². The van der Waals surface area contributed by atoms with Gasteiger partial charge in [0, 0.05) is 12.4 Å². The molecule has 0 atom stereocenters. The number of benzene rings is 1. The second kappa shape index (κ2) is 7.73. The van der Waals surface area contributed by atoms with Gasteiger partial charge in [0.2, 0.25) is 11.8 Å². The van der Waals surface area contributed by atoms with E-state index in [1.807, 2.05) is 36.6 Å². The van der Waals surface area contributed by atoms with Gasteiger partial charge >= 0.3 is 0 Å². The van der Waals surface area contributed by atoms with Crippen molar-refractivity contribution >= 4 is 23.2 Å². The summed E-state index contributed by atoms with van der Waals surface area (Å²) in [5.41, 5.74) is 6.91. The highest BCUT2D eigenvalue weighted by atomic mass is 32.1. The van der Waals surface area contributed by atoms with Crippen molar-refractivity contribution in [3.63, 3.8) is 0 Å². The molecule has 6 nitrogen and oxygen atoms in total. The Bertz CT molecular complexity index is 682. The number of nitrogens with two attached hydrogens (primary N) is 1. The van der Waals surface area contributed by atoms with Gasteiger partial charge in [0.1, 0.15) is 17.4 Å². The van der Waals surface area contributed by atoms with Crippen LogP contribution in [0.25, 0.3) is 0 Å². The molecule has 0 aliphatic rings. The molecular formula is C16H19N3O3S. The fraction of sp³-hybridized carbons (Fsp3) is 0.312. The van der Waals surface area contributed by atoms with Crippen LogP contribution in [0.3, 0.4) is 0 Å². The number of rotatable bonds is 7. The van der Waals surface area contributed by atoms with E-state index >= 15 is 0 Å². The van der Waals surface area contributed by atoms with Crippen LogP contribution < -0.4 is 10.5 Å². The first-order valence-electron chi connectivity index (χ1n) is 7.09. The summed E-state index contributed by atoms with van der Waals surface area (Å²) in [6.07, 6.45) is 0.144. The zero-order chi connectivity index (χ0) is 16.8. The minimum Gasteiger partial charge on any atom is -0.486 e. The minimum absolute atomic E-state index is 0.0909. The standard InChI is InChI=1S/C16H19N3O3S/c1-11-3-5-13(6-4-11)22-9-15-18-12(10-23-15)7-16(21)19(2)8-14(17)20/h3-6,10H,7-9H2,1-2H3,(H2,17,20). The summed E-state index contributed by atoms with van der Waals surface area (Å²) in [4.78, 5) is 28.4. The summed E-state index contributed by atoms with van der Waals surface area (Å²) >= 11 is 1.44. The van der Waals surface area contributed by atoms with Crippen molar-refractivity contribution in [3.8, 4) is 5.75 Å². The van der Waals surface area contributed by atoms with Gasteiger partial charge in [-0.15, -0.1) is 11.3 Å². The van der Waals surface area contributed by atoms with Gasteiger partial charge in [0.25, 0.3) is 0 Å². The maximum atomic E-state index is 11.9. The van der Waals surface area contributed by atoms with Gasteiger partial charge in [0.15, 0.2) is 0 Å². The molecule has 2 amide bonds. The molecule has 0 saturated heterocycles. The van der Waals surface area contributed by atoms with Gasteiger partial charge in [-0.1, -0.05) is 17.7 Å². The molecule has 0 aliphatic heterocycles. The van der Waals surface area contributed by atoms with Crippen LogP contribution in [0.1, 0.15) is 16.3 Å². The van der Waals surface area contributed by atoms with Crippen LogP contribution in [0.15, 0.2) is 29.6 Å². The van der Waals surface area contributed by atoms with Crippen molar-refractivity contribution in [3.05, 3.63) is 45.9 Å². The number of nitrogens with zero attached hydrogens (tertiary/aromatic N) is 2. The normalized spacial score (nSPS) is 10.3. The van der Waals surface area contributed by atoms with E-state index in [9.17, 15) is 9.59 Å². The monoisotopic (exact) mass is 333 g/mol. The third-order valence-corrected chi connectivity index (χ3v) is 4.00. The van der Waals surface area contributed by atoms with Crippen molar-refractivity contribution in [2.45, 2.75) is 20.0 Å². The fourth-order valence-electron chi connectivity index (χ4n) is 1.89. The Balaban J connectivity index is 1.86. The van der Waals surface area contributed by atoms with E-state index in [4.69, 9.17) is 10.5 Å². The predicted octanol–water partition coefficient (Wildman–Crippen LogP) is 1.52. The Kier molecular flexibility index (Phi) is 5.70. The molecule has 2 rings (SSSR count). The molecule has 23 heavy (non-hydrogen) atoms. The van der Waals surface area contributed by atoms with Crippen LogP contribution in [0.2, 0.25) is 0 Å². The molecule has 1 aromatic heterocycles. The first-order valence-corrected chi connectivity index (χ1v) is 7.97.